The molecule has 2 aromatic heterocycles. The number of anilines is 1. The first-order valence-corrected chi connectivity index (χ1v) is 10.3. The number of thiazole rings is 1. The molecule has 0 spiro atoms. The third-order valence-electron chi connectivity index (χ3n) is 3.51. The number of carbonyl (C=O) groups excluding carboxylic acids is 1. The molecule has 0 atom stereocenters. The lowest BCUT2D eigenvalue weighted by Gasteiger charge is -2.04. The van der Waals surface area contributed by atoms with Crippen LogP contribution in [0, 0.1) is 6.92 Å². The van der Waals surface area contributed by atoms with Gasteiger partial charge in [0.25, 0.3) is 0 Å². The van der Waals surface area contributed by atoms with Crippen LogP contribution in [-0.4, -0.2) is 31.4 Å². The Kier molecular flexibility index (Phi) is 6.18. The van der Waals surface area contributed by atoms with E-state index in [9.17, 15) is 4.79 Å². The molecule has 0 radical (unpaired) electrons. The van der Waals surface area contributed by atoms with Gasteiger partial charge in [0.1, 0.15) is 5.82 Å². The molecule has 0 saturated heterocycles. The normalized spacial score (nSPS) is 10.9. The molecule has 2 heterocycles. The van der Waals surface area contributed by atoms with Crippen LogP contribution < -0.4 is 5.32 Å². The zero-order valence-electron chi connectivity index (χ0n) is 14.0. The van der Waals surface area contributed by atoms with Crippen molar-refractivity contribution in [3.63, 3.8) is 0 Å². The van der Waals surface area contributed by atoms with E-state index >= 15 is 0 Å². The number of nitrogens with one attached hydrogen (secondary N) is 1. The van der Waals surface area contributed by atoms with E-state index in [4.69, 9.17) is 23.2 Å². The number of aromatic nitrogens is 4. The highest BCUT2D eigenvalue weighted by Gasteiger charge is 2.13. The molecule has 0 fully saturated rings. The summed E-state index contributed by atoms with van der Waals surface area (Å²) in [5.41, 5.74) is 1.47. The second kappa shape index (κ2) is 8.39. The molecule has 136 valence electrons. The number of amides is 1. The Morgan fingerprint density at radius 3 is 2.88 bits per heavy atom. The van der Waals surface area contributed by atoms with Crippen LogP contribution in [0.2, 0.25) is 10.0 Å². The average molecular weight is 428 g/mol. The monoisotopic (exact) mass is 427 g/mol. The Balaban J connectivity index is 1.62. The highest BCUT2D eigenvalue weighted by molar-refractivity contribution is 7.99. The summed E-state index contributed by atoms with van der Waals surface area (Å²) in [7, 11) is 0. The highest BCUT2D eigenvalue weighted by Crippen LogP contribution is 2.32. The summed E-state index contributed by atoms with van der Waals surface area (Å²) in [6, 6.07) is 5.22. The standard InChI is InChI=1S/C16H15Cl2N5OS2/c1-3-23-9(2)21-22-16(23)26-8-14(24)20-15-19-13(7-25-15)11-5-4-10(17)6-12(11)18/h4-7H,3,8H2,1-2H3,(H,19,20,24). The molecule has 3 rings (SSSR count). The van der Waals surface area contributed by atoms with E-state index in [-0.39, 0.29) is 11.7 Å². The van der Waals surface area contributed by atoms with E-state index in [1.807, 2.05) is 23.8 Å². The van der Waals surface area contributed by atoms with Crippen molar-refractivity contribution in [3.8, 4) is 11.3 Å². The van der Waals surface area contributed by atoms with Gasteiger partial charge in [-0.2, -0.15) is 0 Å². The Bertz CT molecular complexity index is 941. The van der Waals surface area contributed by atoms with Gasteiger partial charge >= 0.3 is 0 Å². The highest BCUT2D eigenvalue weighted by atomic mass is 35.5. The van der Waals surface area contributed by atoms with Crippen molar-refractivity contribution in [2.24, 2.45) is 0 Å². The first kappa shape index (κ1) is 19.2. The molecule has 0 unspecified atom stereocenters. The van der Waals surface area contributed by atoms with E-state index in [0.717, 1.165) is 23.1 Å². The van der Waals surface area contributed by atoms with Crippen molar-refractivity contribution in [1.29, 1.82) is 0 Å². The summed E-state index contributed by atoms with van der Waals surface area (Å²) in [5, 5.41) is 15.1. The largest absolute Gasteiger partial charge is 0.307 e. The molecule has 0 aliphatic heterocycles. The van der Waals surface area contributed by atoms with Gasteiger partial charge in [0, 0.05) is 22.5 Å². The minimum atomic E-state index is -0.151. The quantitative estimate of drug-likeness (QED) is 0.573. The summed E-state index contributed by atoms with van der Waals surface area (Å²) in [6.07, 6.45) is 0. The van der Waals surface area contributed by atoms with Crippen LogP contribution >= 0.6 is 46.3 Å². The summed E-state index contributed by atoms with van der Waals surface area (Å²) < 4.78 is 1.96. The number of hydrogen-bond donors (Lipinski definition) is 1. The first-order valence-electron chi connectivity index (χ1n) is 7.71. The first-order chi connectivity index (χ1) is 12.5. The van der Waals surface area contributed by atoms with Gasteiger partial charge < -0.3 is 9.88 Å². The van der Waals surface area contributed by atoms with E-state index in [0.29, 0.717) is 20.9 Å². The Hall–Kier alpha value is -1.61. The zero-order chi connectivity index (χ0) is 18.7. The Morgan fingerprint density at radius 2 is 2.15 bits per heavy atom. The summed E-state index contributed by atoms with van der Waals surface area (Å²) in [5.74, 6) is 0.913. The lowest BCUT2D eigenvalue weighted by molar-refractivity contribution is -0.113. The summed E-state index contributed by atoms with van der Waals surface area (Å²) >= 11 is 14.8. The predicted molar refractivity (Wildman–Crippen MR) is 107 cm³/mol. The molecular weight excluding hydrogens is 413 g/mol. The maximum Gasteiger partial charge on any atom is 0.236 e. The van der Waals surface area contributed by atoms with Gasteiger partial charge in [-0.1, -0.05) is 35.0 Å². The van der Waals surface area contributed by atoms with Crippen LogP contribution in [0.1, 0.15) is 12.7 Å². The number of carbonyl (C=O) groups is 1. The molecular formula is C16H15Cl2N5OS2. The summed E-state index contributed by atoms with van der Waals surface area (Å²) in [4.78, 5) is 16.6. The maximum absolute atomic E-state index is 12.2. The smallest absolute Gasteiger partial charge is 0.236 e. The lowest BCUT2D eigenvalue weighted by atomic mass is 10.2. The number of benzene rings is 1. The van der Waals surface area contributed by atoms with Gasteiger partial charge in [-0.15, -0.1) is 21.5 Å². The molecule has 0 aliphatic rings. The zero-order valence-corrected chi connectivity index (χ0v) is 17.1. The number of rotatable bonds is 6. The number of hydrogen-bond acceptors (Lipinski definition) is 6. The van der Waals surface area contributed by atoms with Crippen molar-refractivity contribution >= 4 is 57.3 Å². The minimum absolute atomic E-state index is 0.151. The van der Waals surface area contributed by atoms with Crippen molar-refractivity contribution < 1.29 is 4.79 Å². The molecule has 0 saturated carbocycles. The van der Waals surface area contributed by atoms with Crippen LogP contribution in [0.25, 0.3) is 11.3 Å². The van der Waals surface area contributed by atoms with Crippen molar-refractivity contribution in [2.75, 3.05) is 11.1 Å². The van der Waals surface area contributed by atoms with E-state index < -0.39 is 0 Å². The fraction of sp³-hybridized carbons (Fsp3) is 0.250. The molecule has 26 heavy (non-hydrogen) atoms. The average Bonchev–Trinajstić information content (AvgIpc) is 3.19. The van der Waals surface area contributed by atoms with Crippen LogP contribution in [0.3, 0.4) is 0 Å². The molecule has 10 heteroatoms. The van der Waals surface area contributed by atoms with Crippen molar-refractivity contribution in [3.05, 3.63) is 39.4 Å². The van der Waals surface area contributed by atoms with E-state index in [1.54, 1.807) is 18.2 Å². The van der Waals surface area contributed by atoms with Gasteiger partial charge in [-0.25, -0.2) is 4.98 Å². The topological polar surface area (TPSA) is 72.7 Å². The van der Waals surface area contributed by atoms with Gasteiger partial charge in [0.05, 0.1) is 16.5 Å². The predicted octanol–water partition coefficient (Wildman–Crippen LogP) is 4.77. The fourth-order valence-electron chi connectivity index (χ4n) is 2.27. The Labute approximate surface area is 168 Å². The van der Waals surface area contributed by atoms with Gasteiger partial charge in [0.15, 0.2) is 10.3 Å². The van der Waals surface area contributed by atoms with Crippen molar-refractivity contribution in [1.82, 2.24) is 19.7 Å². The van der Waals surface area contributed by atoms with Crippen LogP contribution in [0.15, 0.2) is 28.7 Å². The lowest BCUT2D eigenvalue weighted by Crippen LogP contribution is -2.14. The molecule has 1 aromatic carbocycles. The van der Waals surface area contributed by atoms with Crippen LogP contribution in [0.4, 0.5) is 5.13 Å². The second-order valence-electron chi connectivity index (χ2n) is 5.27. The minimum Gasteiger partial charge on any atom is -0.307 e. The molecule has 0 bridgehead atoms. The fourth-order valence-corrected chi connectivity index (χ4v) is 4.35. The SMILES string of the molecule is CCn1c(C)nnc1SCC(=O)Nc1nc(-c2ccc(Cl)cc2Cl)cs1. The summed E-state index contributed by atoms with van der Waals surface area (Å²) in [6.45, 7) is 4.67. The number of thioether (sulfide) groups is 1. The number of nitrogens with zero attached hydrogens (tertiary/aromatic N) is 4. The molecule has 1 amide bonds. The molecule has 6 nitrogen and oxygen atoms in total. The molecule has 0 aliphatic carbocycles. The Morgan fingerprint density at radius 1 is 1.35 bits per heavy atom. The number of halogens is 2. The molecule has 3 aromatic rings. The van der Waals surface area contributed by atoms with Crippen molar-refractivity contribution in [2.45, 2.75) is 25.5 Å². The third kappa shape index (κ3) is 4.37. The van der Waals surface area contributed by atoms with Crippen LogP contribution in [0.5, 0.6) is 0 Å². The second-order valence-corrected chi connectivity index (χ2v) is 7.92. The van der Waals surface area contributed by atoms with Gasteiger partial charge in [-0.05, 0) is 32.0 Å². The van der Waals surface area contributed by atoms with Crippen LogP contribution in [-0.2, 0) is 11.3 Å². The van der Waals surface area contributed by atoms with Gasteiger partial charge in [-0.3, -0.25) is 4.79 Å². The van der Waals surface area contributed by atoms with E-state index in [2.05, 4.69) is 20.5 Å². The number of aryl methyl sites for hydroxylation is 1. The maximum atomic E-state index is 12.2. The third-order valence-corrected chi connectivity index (χ3v) is 5.78. The van der Waals surface area contributed by atoms with Gasteiger partial charge in [0.2, 0.25) is 5.91 Å². The molecule has 1 N–H and O–H groups in total. The van der Waals surface area contributed by atoms with E-state index in [1.165, 1.54) is 23.1 Å².